The van der Waals surface area contributed by atoms with Crippen molar-refractivity contribution in [3.8, 4) is 5.75 Å². The molecule has 0 unspecified atom stereocenters. The highest BCUT2D eigenvalue weighted by Gasteiger charge is 2.65. The molecule has 0 N–H and O–H groups in total. The summed E-state index contributed by atoms with van der Waals surface area (Å²) < 4.78 is 5.21. The molecular weight excluding hydrogens is 466 g/mol. The quantitative estimate of drug-likeness (QED) is 0.410. The number of amides is 2. The Morgan fingerprint density at radius 3 is 2.31 bits per heavy atom. The zero-order valence-electron chi connectivity index (χ0n) is 18.7. The standard InChI is InChI=1S/C27H20ClN3O4/c1-35-19-12-6-15(7-13-19)25(32)24-22-21(23-20-5-3-2-4-16(20)14-29-31(23)24)26(33)30(27(22)34)18-10-8-17(28)9-11-18/h2-14,21-24H,1H3/t21-,22-,23-,24+/m1/s1. The number of rotatable bonds is 4. The highest BCUT2D eigenvalue weighted by molar-refractivity contribution is 6.31. The molecule has 3 heterocycles. The zero-order valence-corrected chi connectivity index (χ0v) is 19.4. The van der Waals surface area contributed by atoms with Gasteiger partial charge in [-0.05, 0) is 59.7 Å². The summed E-state index contributed by atoms with van der Waals surface area (Å²) in [5, 5.41) is 6.73. The fraction of sp³-hybridized carbons (Fsp3) is 0.185. The summed E-state index contributed by atoms with van der Waals surface area (Å²) in [6, 6.07) is 19.5. The maximum absolute atomic E-state index is 13.8. The van der Waals surface area contributed by atoms with Crippen molar-refractivity contribution in [3.63, 3.8) is 0 Å². The molecule has 2 saturated heterocycles. The van der Waals surface area contributed by atoms with Crippen molar-refractivity contribution in [1.29, 1.82) is 0 Å². The second kappa shape index (κ2) is 8.06. The first-order valence-electron chi connectivity index (χ1n) is 11.2. The highest BCUT2D eigenvalue weighted by Crippen LogP contribution is 2.53. The third-order valence-electron chi connectivity index (χ3n) is 7.02. The first-order chi connectivity index (χ1) is 17.0. The van der Waals surface area contributed by atoms with Crippen LogP contribution in [0.1, 0.15) is 27.5 Å². The van der Waals surface area contributed by atoms with Crippen LogP contribution in [0.25, 0.3) is 0 Å². The van der Waals surface area contributed by atoms with Gasteiger partial charge in [-0.1, -0.05) is 35.9 Å². The van der Waals surface area contributed by atoms with Crippen molar-refractivity contribution in [2.24, 2.45) is 16.9 Å². The Hall–Kier alpha value is -3.97. The first kappa shape index (κ1) is 21.6. The molecule has 0 aliphatic carbocycles. The highest BCUT2D eigenvalue weighted by atomic mass is 35.5. The number of halogens is 1. The fourth-order valence-electron chi connectivity index (χ4n) is 5.44. The van der Waals surface area contributed by atoms with Crippen LogP contribution in [-0.2, 0) is 9.59 Å². The van der Waals surface area contributed by atoms with Crippen molar-refractivity contribution in [2.45, 2.75) is 12.1 Å². The van der Waals surface area contributed by atoms with Gasteiger partial charge in [0.2, 0.25) is 11.8 Å². The number of imide groups is 1. The van der Waals surface area contributed by atoms with E-state index >= 15 is 0 Å². The van der Waals surface area contributed by atoms with Gasteiger partial charge in [-0.3, -0.25) is 19.4 Å². The molecular formula is C27H20ClN3O4. The van der Waals surface area contributed by atoms with E-state index in [4.69, 9.17) is 16.3 Å². The summed E-state index contributed by atoms with van der Waals surface area (Å²) in [5.74, 6) is -2.01. The summed E-state index contributed by atoms with van der Waals surface area (Å²) in [4.78, 5) is 42.6. The third kappa shape index (κ3) is 3.19. The lowest BCUT2D eigenvalue weighted by Gasteiger charge is -2.33. The number of carbonyl (C=O) groups excluding carboxylic acids is 3. The largest absolute Gasteiger partial charge is 0.497 e. The van der Waals surface area contributed by atoms with Gasteiger partial charge in [0.15, 0.2) is 5.78 Å². The van der Waals surface area contributed by atoms with Gasteiger partial charge >= 0.3 is 0 Å². The van der Waals surface area contributed by atoms with E-state index in [1.54, 1.807) is 66.9 Å². The number of anilines is 1. The normalized spacial score (nSPS) is 24.3. The molecule has 3 aromatic rings. The molecule has 4 atom stereocenters. The topological polar surface area (TPSA) is 79.3 Å². The fourth-order valence-corrected chi connectivity index (χ4v) is 5.57. The molecule has 3 aliphatic heterocycles. The van der Waals surface area contributed by atoms with E-state index in [0.29, 0.717) is 22.0 Å². The van der Waals surface area contributed by atoms with Crippen LogP contribution in [0, 0.1) is 11.8 Å². The van der Waals surface area contributed by atoms with Crippen molar-refractivity contribution in [3.05, 3.63) is 94.5 Å². The maximum Gasteiger partial charge on any atom is 0.240 e. The van der Waals surface area contributed by atoms with Crippen molar-refractivity contribution >= 4 is 41.1 Å². The van der Waals surface area contributed by atoms with Gasteiger partial charge in [0, 0.05) is 10.6 Å². The lowest BCUT2D eigenvalue weighted by atomic mass is 9.83. The molecule has 2 amide bonds. The van der Waals surface area contributed by atoms with Gasteiger partial charge in [-0.15, -0.1) is 0 Å². The number of hydrazone groups is 1. The molecule has 7 nitrogen and oxygen atoms in total. The van der Waals surface area contributed by atoms with Gasteiger partial charge < -0.3 is 4.74 Å². The maximum atomic E-state index is 13.8. The van der Waals surface area contributed by atoms with Crippen molar-refractivity contribution < 1.29 is 19.1 Å². The Morgan fingerprint density at radius 1 is 0.914 bits per heavy atom. The number of carbonyl (C=O) groups is 3. The molecule has 3 aliphatic rings. The van der Waals surface area contributed by atoms with E-state index < -0.39 is 29.8 Å². The summed E-state index contributed by atoms with van der Waals surface area (Å²) >= 11 is 6.02. The number of Topliss-reactive ketones (excluding diaryl/α,β-unsaturated/α-hetero) is 1. The number of nitrogens with zero attached hydrogens (tertiary/aromatic N) is 3. The van der Waals surface area contributed by atoms with Crippen molar-refractivity contribution in [2.75, 3.05) is 12.0 Å². The second-order valence-electron chi connectivity index (χ2n) is 8.78. The Kier molecular flexibility index (Phi) is 4.96. The Morgan fingerprint density at radius 2 is 1.60 bits per heavy atom. The predicted octanol–water partition coefficient (Wildman–Crippen LogP) is 4.11. The summed E-state index contributed by atoms with van der Waals surface area (Å²) in [6.45, 7) is 0. The van der Waals surface area contributed by atoms with Crippen LogP contribution < -0.4 is 9.64 Å². The second-order valence-corrected chi connectivity index (χ2v) is 9.21. The average molecular weight is 486 g/mol. The van der Waals surface area contributed by atoms with Gasteiger partial charge in [0.25, 0.3) is 0 Å². The summed E-state index contributed by atoms with van der Waals surface area (Å²) in [7, 11) is 1.55. The lowest BCUT2D eigenvalue weighted by molar-refractivity contribution is -0.124. The van der Waals surface area contributed by atoms with Crippen LogP contribution in [-0.4, -0.2) is 42.0 Å². The van der Waals surface area contributed by atoms with Crippen LogP contribution in [0.15, 0.2) is 77.9 Å². The smallest absolute Gasteiger partial charge is 0.240 e. The van der Waals surface area contributed by atoms with Gasteiger partial charge in [0.05, 0.1) is 36.9 Å². The zero-order chi connectivity index (χ0) is 24.3. The van der Waals surface area contributed by atoms with Crippen LogP contribution in [0.4, 0.5) is 5.69 Å². The van der Waals surface area contributed by atoms with E-state index in [1.807, 2.05) is 24.3 Å². The van der Waals surface area contributed by atoms with Crippen LogP contribution >= 0.6 is 11.6 Å². The lowest BCUT2D eigenvalue weighted by Crippen LogP contribution is -2.44. The molecule has 3 aromatic carbocycles. The summed E-state index contributed by atoms with van der Waals surface area (Å²) in [5.41, 5.74) is 2.61. The van der Waals surface area contributed by atoms with Crippen LogP contribution in [0.3, 0.4) is 0 Å². The molecule has 0 radical (unpaired) electrons. The van der Waals surface area contributed by atoms with E-state index in [9.17, 15) is 14.4 Å². The minimum absolute atomic E-state index is 0.263. The number of hydrogen-bond donors (Lipinski definition) is 0. The molecule has 2 fully saturated rings. The van der Waals surface area contributed by atoms with E-state index in [0.717, 1.165) is 11.1 Å². The monoisotopic (exact) mass is 485 g/mol. The molecule has 0 bridgehead atoms. The van der Waals surface area contributed by atoms with Gasteiger partial charge in [-0.25, -0.2) is 4.90 Å². The third-order valence-corrected chi connectivity index (χ3v) is 7.27. The number of ether oxygens (including phenoxy) is 1. The Labute approximate surface area is 206 Å². The minimum Gasteiger partial charge on any atom is -0.497 e. The molecule has 174 valence electrons. The van der Waals surface area contributed by atoms with Crippen molar-refractivity contribution in [1.82, 2.24) is 5.01 Å². The van der Waals surface area contributed by atoms with Gasteiger partial charge in [-0.2, -0.15) is 5.10 Å². The Balaban J connectivity index is 1.47. The van der Waals surface area contributed by atoms with E-state index in [-0.39, 0.29) is 11.7 Å². The first-order valence-corrected chi connectivity index (χ1v) is 11.6. The molecule has 6 rings (SSSR count). The molecule has 35 heavy (non-hydrogen) atoms. The van der Waals surface area contributed by atoms with Gasteiger partial charge in [0.1, 0.15) is 11.8 Å². The number of benzene rings is 3. The summed E-state index contributed by atoms with van der Waals surface area (Å²) in [6.07, 6.45) is 1.69. The number of methoxy groups -OCH3 is 1. The predicted molar refractivity (Wildman–Crippen MR) is 131 cm³/mol. The number of ketones is 1. The number of fused-ring (bicyclic) bond motifs is 5. The van der Waals surface area contributed by atoms with Crippen LogP contribution in [0.2, 0.25) is 5.02 Å². The average Bonchev–Trinajstić information content (AvgIpc) is 3.37. The van der Waals surface area contributed by atoms with E-state index in [2.05, 4.69) is 5.10 Å². The van der Waals surface area contributed by atoms with E-state index in [1.165, 1.54) is 4.90 Å². The van der Waals surface area contributed by atoms with Crippen LogP contribution in [0.5, 0.6) is 5.75 Å². The number of hydrogen-bond acceptors (Lipinski definition) is 6. The molecule has 0 saturated carbocycles. The molecule has 0 aromatic heterocycles. The SMILES string of the molecule is COc1ccc(C(=O)[C@@H]2[C@@H]3C(=O)N(c4ccc(Cl)cc4)C(=O)[C@H]3[C@H]3c4ccccc4C=NN23)cc1. The molecule has 8 heteroatoms. The minimum atomic E-state index is -0.920. The Bertz CT molecular complexity index is 1390. The molecule has 0 spiro atoms.